The molecule has 3 rings (SSSR count). The molecule has 36 heavy (non-hydrogen) atoms. The molecule has 0 heterocycles. The third kappa shape index (κ3) is 7.34. The van der Waals surface area contributed by atoms with E-state index in [0.29, 0.717) is 24.5 Å². The number of nitrogens with zero attached hydrogens (tertiary/aromatic N) is 1. The van der Waals surface area contributed by atoms with Crippen LogP contribution in [-0.2, 0) is 34.1 Å². The van der Waals surface area contributed by atoms with Crippen LogP contribution in [-0.4, -0.2) is 25.3 Å². The van der Waals surface area contributed by atoms with Crippen LogP contribution in [0, 0.1) is 0 Å². The predicted molar refractivity (Wildman–Crippen MR) is 131 cm³/mol. The van der Waals surface area contributed by atoms with Gasteiger partial charge in [0.05, 0.1) is 5.56 Å². The molecular weight excluding hydrogens is 491 g/mol. The maximum atomic E-state index is 13.0. The normalized spacial score (nSPS) is 12.7. The Bertz CT molecular complexity index is 1280. The summed E-state index contributed by atoms with van der Waals surface area (Å²) < 4.78 is 69.4. The van der Waals surface area contributed by atoms with E-state index in [2.05, 4.69) is 0 Å². The number of alkyl halides is 3. The van der Waals surface area contributed by atoms with Crippen molar-refractivity contribution < 1.29 is 30.6 Å². The van der Waals surface area contributed by atoms with E-state index < -0.39 is 26.8 Å². The molecule has 3 aromatic rings. The first kappa shape index (κ1) is 27.3. The fourth-order valence-corrected chi connectivity index (χ4v) is 4.61. The highest BCUT2D eigenvalue weighted by Crippen LogP contribution is 2.31. The summed E-state index contributed by atoms with van der Waals surface area (Å²) in [5.74, 6) is -0.0816. The standard InChI is InChI=1S/C27H28F3NO4S/c1-3-20(2)31(26(32)16-15-21-9-5-4-6-10-21)19-22-11-7-13-24(17-22)35-36(33,34)25-14-8-12-23(18-25)27(28,29)30/h4-14,17-18,20H,3,15-16,19H2,1-2H3. The second kappa shape index (κ2) is 11.6. The van der Waals surface area contributed by atoms with Crippen molar-refractivity contribution >= 4 is 16.0 Å². The lowest BCUT2D eigenvalue weighted by atomic mass is 10.1. The zero-order valence-electron chi connectivity index (χ0n) is 20.0. The molecule has 0 N–H and O–H groups in total. The van der Waals surface area contributed by atoms with Gasteiger partial charge in [0.25, 0.3) is 0 Å². The third-order valence-electron chi connectivity index (χ3n) is 5.82. The highest BCUT2D eigenvalue weighted by Gasteiger charge is 2.32. The Balaban J connectivity index is 1.75. The van der Waals surface area contributed by atoms with Crippen LogP contribution >= 0.6 is 0 Å². The fraction of sp³-hybridized carbons (Fsp3) is 0.296. The van der Waals surface area contributed by atoms with Crippen LogP contribution in [0.5, 0.6) is 5.75 Å². The van der Waals surface area contributed by atoms with Gasteiger partial charge >= 0.3 is 16.3 Å². The lowest BCUT2D eigenvalue weighted by molar-refractivity contribution is -0.137. The van der Waals surface area contributed by atoms with Gasteiger partial charge in [-0.25, -0.2) is 0 Å². The number of benzene rings is 3. The third-order valence-corrected chi connectivity index (χ3v) is 7.06. The molecule has 9 heteroatoms. The van der Waals surface area contributed by atoms with Crippen molar-refractivity contribution in [1.82, 2.24) is 4.90 Å². The summed E-state index contributed by atoms with van der Waals surface area (Å²) in [5, 5.41) is 0. The lowest BCUT2D eigenvalue weighted by Crippen LogP contribution is -2.37. The Labute approximate surface area is 209 Å². The maximum Gasteiger partial charge on any atom is 0.416 e. The van der Waals surface area contributed by atoms with Crippen molar-refractivity contribution in [3.63, 3.8) is 0 Å². The fourth-order valence-electron chi connectivity index (χ4n) is 3.64. The highest BCUT2D eigenvalue weighted by atomic mass is 32.2. The van der Waals surface area contributed by atoms with Gasteiger partial charge in [-0.1, -0.05) is 55.5 Å². The number of hydrogen-bond donors (Lipinski definition) is 0. The second-order valence-corrected chi connectivity index (χ2v) is 10.0. The molecule has 0 saturated heterocycles. The maximum absolute atomic E-state index is 13.0. The summed E-state index contributed by atoms with van der Waals surface area (Å²) >= 11 is 0. The van der Waals surface area contributed by atoms with Crippen LogP contribution in [0.1, 0.15) is 43.4 Å². The lowest BCUT2D eigenvalue weighted by Gasteiger charge is -2.29. The number of rotatable bonds is 10. The van der Waals surface area contributed by atoms with Crippen LogP contribution in [0.15, 0.2) is 83.8 Å². The van der Waals surface area contributed by atoms with E-state index >= 15 is 0 Å². The highest BCUT2D eigenvalue weighted by molar-refractivity contribution is 7.87. The van der Waals surface area contributed by atoms with Crippen molar-refractivity contribution in [2.45, 2.75) is 56.8 Å². The molecule has 192 valence electrons. The molecule has 0 saturated carbocycles. The van der Waals surface area contributed by atoms with Gasteiger partial charge in [-0.05, 0) is 61.2 Å². The van der Waals surface area contributed by atoms with Crippen molar-refractivity contribution in [2.75, 3.05) is 0 Å². The van der Waals surface area contributed by atoms with Crippen molar-refractivity contribution in [1.29, 1.82) is 0 Å². The number of amides is 1. The molecule has 0 aliphatic heterocycles. The molecule has 3 aromatic carbocycles. The van der Waals surface area contributed by atoms with Crippen molar-refractivity contribution in [3.05, 3.63) is 95.6 Å². The first-order chi connectivity index (χ1) is 17.0. The molecule has 1 unspecified atom stereocenters. The van der Waals surface area contributed by atoms with E-state index in [-0.39, 0.29) is 24.2 Å². The Morgan fingerprint density at radius 2 is 1.61 bits per heavy atom. The zero-order valence-corrected chi connectivity index (χ0v) is 20.9. The average molecular weight is 520 g/mol. The number of aryl methyl sites for hydroxylation is 1. The van der Waals surface area contributed by atoms with Gasteiger partial charge in [-0.2, -0.15) is 21.6 Å². The molecule has 0 spiro atoms. The Hall–Kier alpha value is -3.33. The second-order valence-electron chi connectivity index (χ2n) is 8.47. The van der Waals surface area contributed by atoms with Gasteiger partial charge in [-0.3, -0.25) is 4.79 Å². The Kier molecular flexibility index (Phi) is 8.79. The quantitative estimate of drug-likeness (QED) is 0.298. The molecule has 0 radical (unpaired) electrons. The minimum absolute atomic E-state index is 0.0314. The smallest absolute Gasteiger partial charge is 0.379 e. The van der Waals surface area contributed by atoms with E-state index in [1.807, 2.05) is 44.2 Å². The van der Waals surface area contributed by atoms with E-state index in [1.54, 1.807) is 17.0 Å². The average Bonchev–Trinajstić information content (AvgIpc) is 2.85. The van der Waals surface area contributed by atoms with Crippen LogP contribution < -0.4 is 4.18 Å². The van der Waals surface area contributed by atoms with Gasteiger partial charge in [-0.15, -0.1) is 0 Å². The van der Waals surface area contributed by atoms with Gasteiger partial charge in [0.15, 0.2) is 0 Å². The summed E-state index contributed by atoms with van der Waals surface area (Å²) in [5.41, 5.74) is 0.615. The van der Waals surface area contributed by atoms with Crippen LogP contribution in [0.25, 0.3) is 0 Å². The molecule has 0 bridgehead atoms. The Morgan fingerprint density at radius 1 is 0.944 bits per heavy atom. The van der Waals surface area contributed by atoms with Crippen molar-refractivity contribution in [3.8, 4) is 5.75 Å². The SMILES string of the molecule is CCC(C)N(Cc1cccc(OS(=O)(=O)c2cccc(C(F)(F)F)c2)c1)C(=O)CCc1ccccc1. The number of halogens is 3. The largest absolute Gasteiger partial charge is 0.416 e. The molecular formula is C27H28F3NO4S. The summed E-state index contributed by atoms with van der Waals surface area (Å²) in [6, 6.07) is 19.2. The molecule has 0 fully saturated rings. The molecule has 5 nitrogen and oxygen atoms in total. The van der Waals surface area contributed by atoms with Crippen LogP contribution in [0.3, 0.4) is 0 Å². The molecule has 1 atom stereocenters. The predicted octanol–water partition coefficient (Wildman–Crippen LogP) is 6.23. The van der Waals surface area contributed by atoms with E-state index in [1.165, 1.54) is 12.1 Å². The first-order valence-electron chi connectivity index (χ1n) is 11.5. The zero-order chi connectivity index (χ0) is 26.3. The number of carbonyl (C=O) groups excluding carboxylic acids is 1. The molecule has 1 amide bonds. The molecule has 0 aliphatic rings. The first-order valence-corrected chi connectivity index (χ1v) is 12.9. The van der Waals surface area contributed by atoms with Gasteiger partial charge in [0, 0.05) is 19.0 Å². The van der Waals surface area contributed by atoms with E-state index in [4.69, 9.17) is 4.18 Å². The summed E-state index contributed by atoms with van der Waals surface area (Å²) in [6.07, 6.45) is -3.02. The monoisotopic (exact) mass is 519 g/mol. The van der Waals surface area contributed by atoms with Crippen LogP contribution in [0.4, 0.5) is 13.2 Å². The van der Waals surface area contributed by atoms with E-state index in [0.717, 1.165) is 30.2 Å². The summed E-state index contributed by atoms with van der Waals surface area (Å²) in [6.45, 7) is 4.16. The number of hydrogen-bond acceptors (Lipinski definition) is 4. The Morgan fingerprint density at radius 3 is 2.28 bits per heavy atom. The topological polar surface area (TPSA) is 63.7 Å². The molecule has 0 aromatic heterocycles. The van der Waals surface area contributed by atoms with Crippen LogP contribution in [0.2, 0.25) is 0 Å². The molecule has 0 aliphatic carbocycles. The van der Waals surface area contributed by atoms with Gasteiger partial charge in [0.2, 0.25) is 5.91 Å². The van der Waals surface area contributed by atoms with E-state index in [9.17, 15) is 26.4 Å². The van der Waals surface area contributed by atoms with Gasteiger partial charge in [0.1, 0.15) is 10.6 Å². The minimum Gasteiger partial charge on any atom is -0.379 e. The minimum atomic E-state index is -4.68. The number of carbonyl (C=O) groups is 1. The van der Waals surface area contributed by atoms with Crippen molar-refractivity contribution in [2.24, 2.45) is 0 Å². The van der Waals surface area contributed by atoms with Gasteiger partial charge < -0.3 is 9.08 Å². The summed E-state index contributed by atoms with van der Waals surface area (Å²) in [4.78, 5) is 14.2. The summed E-state index contributed by atoms with van der Waals surface area (Å²) in [7, 11) is -4.50.